The van der Waals surface area contributed by atoms with Gasteiger partial charge in [-0.3, -0.25) is 9.58 Å². The van der Waals surface area contributed by atoms with E-state index >= 15 is 0 Å². The van der Waals surface area contributed by atoms with Crippen LogP contribution in [0.4, 0.5) is 0 Å². The van der Waals surface area contributed by atoms with E-state index in [0.717, 1.165) is 19.6 Å². The fourth-order valence-corrected chi connectivity index (χ4v) is 3.54. The zero-order valence-corrected chi connectivity index (χ0v) is 11.0. The van der Waals surface area contributed by atoms with Crippen LogP contribution in [-0.2, 0) is 6.54 Å². The molecule has 0 unspecified atom stereocenters. The van der Waals surface area contributed by atoms with E-state index in [4.69, 9.17) is 0 Å². The SMILES string of the molecule is c1ncn(CC2(N3CCNCC3)CCCCC2)n1. The molecule has 0 spiro atoms. The maximum Gasteiger partial charge on any atom is 0.137 e. The smallest absolute Gasteiger partial charge is 0.137 e. The van der Waals surface area contributed by atoms with E-state index in [9.17, 15) is 0 Å². The van der Waals surface area contributed by atoms with Crippen molar-refractivity contribution in [1.29, 1.82) is 0 Å². The largest absolute Gasteiger partial charge is 0.314 e. The lowest BCUT2D eigenvalue weighted by atomic mass is 9.79. The molecular weight excluding hydrogens is 226 g/mol. The highest BCUT2D eigenvalue weighted by molar-refractivity contribution is 4.94. The summed E-state index contributed by atoms with van der Waals surface area (Å²) in [4.78, 5) is 6.78. The third-order valence-electron chi connectivity index (χ3n) is 4.49. The van der Waals surface area contributed by atoms with Gasteiger partial charge in [-0.15, -0.1) is 0 Å². The fraction of sp³-hybridized carbons (Fsp3) is 0.846. The van der Waals surface area contributed by atoms with Gasteiger partial charge in [-0.05, 0) is 12.8 Å². The molecule has 1 saturated heterocycles. The van der Waals surface area contributed by atoms with Gasteiger partial charge < -0.3 is 5.32 Å². The second-order valence-corrected chi connectivity index (χ2v) is 5.62. The maximum absolute atomic E-state index is 4.31. The highest BCUT2D eigenvalue weighted by Crippen LogP contribution is 2.35. The summed E-state index contributed by atoms with van der Waals surface area (Å²) in [5.74, 6) is 0. The number of piperazine rings is 1. The normalized spacial score (nSPS) is 25.1. The number of hydrogen-bond donors (Lipinski definition) is 1. The minimum absolute atomic E-state index is 0.327. The standard InChI is InChI=1S/C13H23N5/c1-2-4-13(5-3-1,10-18-12-15-11-16-18)17-8-6-14-7-9-17/h11-12,14H,1-10H2. The number of hydrogen-bond acceptors (Lipinski definition) is 4. The molecular formula is C13H23N5. The number of aromatic nitrogens is 3. The van der Waals surface area contributed by atoms with E-state index < -0.39 is 0 Å². The summed E-state index contributed by atoms with van der Waals surface area (Å²) in [6.07, 6.45) is 10.2. The second kappa shape index (κ2) is 5.36. The molecule has 1 aliphatic heterocycles. The van der Waals surface area contributed by atoms with Crippen LogP contribution in [-0.4, -0.2) is 51.4 Å². The molecule has 100 valence electrons. The lowest BCUT2D eigenvalue weighted by Crippen LogP contribution is -2.58. The van der Waals surface area contributed by atoms with Crippen LogP contribution in [0.25, 0.3) is 0 Å². The Kier molecular flexibility index (Phi) is 3.61. The minimum atomic E-state index is 0.327. The number of nitrogens with one attached hydrogen (secondary N) is 1. The Balaban J connectivity index is 1.78. The molecule has 1 saturated carbocycles. The van der Waals surface area contributed by atoms with Crippen LogP contribution < -0.4 is 5.32 Å². The van der Waals surface area contributed by atoms with Crippen molar-refractivity contribution in [2.24, 2.45) is 0 Å². The molecule has 1 aromatic heterocycles. The van der Waals surface area contributed by atoms with Crippen molar-refractivity contribution in [1.82, 2.24) is 25.0 Å². The Bertz CT molecular complexity index is 349. The zero-order valence-electron chi connectivity index (χ0n) is 11.0. The van der Waals surface area contributed by atoms with E-state index in [2.05, 4.69) is 20.3 Å². The molecule has 5 heteroatoms. The van der Waals surface area contributed by atoms with Gasteiger partial charge in [-0.2, -0.15) is 5.10 Å². The van der Waals surface area contributed by atoms with Gasteiger partial charge >= 0.3 is 0 Å². The zero-order chi connectivity index (χ0) is 12.3. The van der Waals surface area contributed by atoms with Crippen molar-refractivity contribution in [3.8, 4) is 0 Å². The van der Waals surface area contributed by atoms with Crippen LogP contribution in [0.2, 0.25) is 0 Å². The Morgan fingerprint density at radius 3 is 2.56 bits per heavy atom. The van der Waals surface area contributed by atoms with Gasteiger partial charge in [0.25, 0.3) is 0 Å². The third-order valence-corrected chi connectivity index (χ3v) is 4.49. The van der Waals surface area contributed by atoms with Crippen LogP contribution in [0.5, 0.6) is 0 Å². The van der Waals surface area contributed by atoms with E-state index in [1.54, 1.807) is 6.33 Å². The van der Waals surface area contributed by atoms with Crippen molar-refractivity contribution in [3.05, 3.63) is 12.7 Å². The van der Waals surface area contributed by atoms with Gasteiger partial charge in [0.05, 0.1) is 6.54 Å². The Labute approximate surface area is 109 Å². The first-order valence-corrected chi connectivity index (χ1v) is 7.17. The predicted molar refractivity (Wildman–Crippen MR) is 70.3 cm³/mol. The summed E-state index contributed by atoms with van der Waals surface area (Å²) in [7, 11) is 0. The van der Waals surface area contributed by atoms with Crippen molar-refractivity contribution in [3.63, 3.8) is 0 Å². The van der Waals surface area contributed by atoms with Crippen LogP contribution in [0, 0.1) is 0 Å². The van der Waals surface area contributed by atoms with Crippen molar-refractivity contribution >= 4 is 0 Å². The van der Waals surface area contributed by atoms with Crippen molar-refractivity contribution in [2.45, 2.75) is 44.2 Å². The van der Waals surface area contributed by atoms with E-state index in [1.165, 1.54) is 45.2 Å². The van der Waals surface area contributed by atoms with Gasteiger partial charge in [0.1, 0.15) is 12.7 Å². The van der Waals surface area contributed by atoms with Gasteiger partial charge in [-0.25, -0.2) is 4.98 Å². The second-order valence-electron chi connectivity index (χ2n) is 5.62. The summed E-state index contributed by atoms with van der Waals surface area (Å²) in [5, 5.41) is 7.77. The molecule has 2 fully saturated rings. The van der Waals surface area contributed by atoms with Crippen LogP contribution in [0.1, 0.15) is 32.1 Å². The van der Waals surface area contributed by atoms with Gasteiger partial charge in [0.2, 0.25) is 0 Å². The first kappa shape index (κ1) is 12.1. The quantitative estimate of drug-likeness (QED) is 0.864. The summed E-state index contributed by atoms with van der Waals surface area (Å²) in [5.41, 5.74) is 0.327. The van der Waals surface area contributed by atoms with E-state index in [0.29, 0.717) is 5.54 Å². The van der Waals surface area contributed by atoms with Crippen LogP contribution >= 0.6 is 0 Å². The van der Waals surface area contributed by atoms with Gasteiger partial charge in [0.15, 0.2) is 0 Å². The molecule has 18 heavy (non-hydrogen) atoms. The highest BCUT2D eigenvalue weighted by atomic mass is 15.4. The fourth-order valence-electron chi connectivity index (χ4n) is 3.54. The van der Waals surface area contributed by atoms with E-state index in [1.807, 2.05) is 11.0 Å². The predicted octanol–water partition coefficient (Wildman–Crippen LogP) is 0.886. The first-order chi connectivity index (χ1) is 8.89. The molecule has 1 aliphatic carbocycles. The van der Waals surface area contributed by atoms with Crippen LogP contribution in [0.3, 0.4) is 0 Å². The molecule has 0 bridgehead atoms. The summed E-state index contributed by atoms with van der Waals surface area (Å²) < 4.78 is 2.02. The molecule has 5 nitrogen and oxygen atoms in total. The lowest BCUT2D eigenvalue weighted by molar-refractivity contribution is 0.0221. The first-order valence-electron chi connectivity index (χ1n) is 7.17. The average molecular weight is 249 g/mol. The van der Waals surface area contributed by atoms with Gasteiger partial charge in [0, 0.05) is 31.7 Å². The molecule has 2 aliphatic rings. The minimum Gasteiger partial charge on any atom is -0.314 e. The molecule has 3 rings (SSSR count). The monoisotopic (exact) mass is 249 g/mol. The van der Waals surface area contributed by atoms with E-state index in [-0.39, 0.29) is 0 Å². The third kappa shape index (κ3) is 2.42. The van der Waals surface area contributed by atoms with Crippen molar-refractivity contribution in [2.75, 3.05) is 26.2 Å². The molecule has 0 atom stereocenters. The van der Waals surface area contributed by atoms with Crippen LogP contribution in [0.15, 0.2) is 12.7 Å². The Hall–Kier alpha value is -0.940. The molecule has 2 heterocycles. The summed E-state index contributed by atoms with van der Waals surface area (Å²) in [6, 6.07) is 0. The van der Waals surface area contributed by atoms with Gasteiger partial charge in [-0.1, -0.05) is 19.3 Å². The highest BCUT2D eigenvalue weighted by Gasteiger charge is 2.38. The molecule has 0 aromatic carbocycles. The topological polar surface area (TPSA) is 46.0 Å². The Morgan fingerprint density at radius 2 is 1.89 bits per heavy atom. The number of rotatable bonds is 3. The molecule has 1 N–H and O–H groups in total. The number of nitrogens with zero attached hydrogens (tertiary/aromatic N) is 4. The maximum atomic E-state index is 4.31. The molecule has 1 aromatic rings. The summed E-state index contributed by atoms with van der Waals surface area (Å²) >= 11 is 0. The van der Waals surface area contributed by atoms with Crippen molar-refractivity contribution < 1.29 is 0 Å². The lowest BCUT2D eigenvalue weighted by Gasteiger charge is -2.48. The Morgan fingerprint density at radius 1 is 1.11 bits per heavy atom. The summed E-state index contributed by atoms with van der Waals surface area (Å²) in [6.45, 7) is 5.61. The molecule has 0 amide bonds. The average Bonchev–Trinajstić information content (AvgIpc) is 2.94. The molecule has 0 radical (unpaired) electrons.